The van der Waals surface area contributed by atoms with Crippen LogP contribution in [0.4, 0.5) is 0 Å². The van der Waals surface area contributed by atoms with Crippen molar-refractivity contribution in [1.82, 2.24) is 10.2 Å². The van der Waals surface area contributed by atoms with E-state index in [0.29, 0.717) is 6.04 Å². The molecule has 0 aromatic heterocycles. The molecule has 106 valence electrons. The van der Waals surface area contributed by atoms with Gasteiger partial charge in [0.05, 0.1) is 0 Å². The monoisotopic (exact) mass is 260 g/mol. The number of nitrogens with zero attached hydrogens (tertiary/aromatic N) is 1. The van der Waals surface area contributed by atoms with Gasteiger partial charge in [0.25, 0.3) is 0 Å². The Kier molecular flexibility index (Phi) is 5.41. The molecule has 0 bridgehead atoms. The summed E-state index contributed by atoms with van der Waals surface area (Å²) in [7, 11) is 2.28. The van der Waals surface area contributed by atoms with E-state index in [1.54, 1.807) is 0 Å². The van der Waals surface area contributed by atoms with Gasteiger partial charge in [-0.15, -0.1) is 0 Å². The molecular weight excluding hydrogens is 232 g/mol. The molecule has 0 aliphatic carbocycles. The van der Waals surface area contributed by atoms with Crippen LogP contribution in [-0.2, 0) is 6.42 Å². The number of piperidine rings is 1. The highest BCUT2D eigenvalue weighted by Gasteiger charge is 2.18. The van der Waals surface area contributed by atoms with E-state index < -0.39 is 0 Å². The lowest BCUT2D eigenvalue weighted by molar-refractivity contribution is 0.194. The molecule has 1 atom stereocenters. The van der Waals surface area contributed by atoms with E-state index in [1.165, 1.54) is 43.6 Å². The van der Waals surface area contributed by atoms with E-state index >= 15 is 0 Å². The van der Waals surface area contributed by atoms with Gasteiger partial charge in [0, 0.05) is 12.6 Å². The highest BCUT2D eigenvalue weighted by atomic mass is 15.1. The molecule has 2 rings (SSSR count). The van der Waals surface area contributed by atoms with E-state index in [2.05, 4.69) is 55.4 Å². The minimum atomic E-state index is 0.623. The summed E-state index contributed by atoms with van der Waals surface area (Å²) in [4.78, 5) is 2.54. The van der Waals surface area contributed by atoms with Crippen molar-refractivity contribution in [3.05, 3.63) is 35.4 Å². The van der Waals surface area contributed by atoms with Gasteiger partial charge < -0.3 is 10.2 Å². The lowest BCUT2D eigenvalue weighted by Gasteiger charge is -2.31. The average Bonchev–Trinajstić information content (AvgIpc) is 2.42. The standard InChI is InChI=1S/C17H28N2/c1-14-4-6-16(7-5-14)12-15(2)19(3)13-17-8-10-18-11-9-17/h4-7,15,17-18H,8-13H2,1-3H3. The smallest absolute Gasteiger partial charge is 0.0104 e. The third kappa shape index (κ3) is 4.63. The number of likely N-dealkylation sites (N-methyl/N-ethyl adjacent to an activating group) is 1. The molecule has 0 spiro atoms. The van der Waals surface area contributed by atoms with Crippen molar-refractivity contribution in [2.24, 2.45) is 5.92 Å². The lowest BCUT2D eigenvalue weighted by Crippen LogP contribution is -2.39. The van der Waals surface area contributed by atoms with E-state index in [9.17, 15) is 0 Å². The van der Waals surface area contributed by atoms with Crippen LogP contribution in [-0.4, -0.2) is 37.6 Å². The van der Waals surface area contributed by atoms with Crippen LogP contribution >= 0.6 is 0 Å². The van der Waals surface area contributed by atoms with Crippen molar-refractivity contribution in [1.29, 1.82) is 0 Å². The number of hydrogen-bond acceptors (Lipinski definition) is 2. The van der Waals surface area contributed by atoms with Crippen molar-refractivity contribution < 1.29 is 0 Å². The van der Waals surface area contributed by atoms with Gasteiger partial charge in [-0.3, -0.25) is 0 Å². The predicted molar refractivity (Wildman–Crippen MR) is 82.6 cm³/mol. The van der Waals surface area contributed by atoms with Crippen LogP contribution in [0.1, 0.15) is 30.9 Å². The molecular formula is C17H28N2. The van der Waals surface area contributed by atoms with Crippen LogP contribution in [0.15, 0.2) is 24.3 Å². The Hall–Kier alpha value is -0.860. The van der Waals surface area contributed by atoms with Gasteiger partial charge >= 0.3 is 0 Å². The third-order valence-electron chi connectivity index (χ3n) is 4.41. The van der Waals surface area contributed by atoms with E-state index in [1.807, 2.05) is 0 Å². The molecule has 2 heteroatoms. The van der Waals surface area contributed by atoms with Crippen LogP contribution in [0, 0.1) is 12.8 Å². The van der Waals surface area contributed by atoms with E-state index in [0.717, 1.165) is 12.3 Å². The fraction of sp³-hybridized carbons (Fsp3) is 0.647. The number of benzene rings is 1. The second-order valence-electron chi connectivity index (χ2n) is 6.17. The fourth-order valence-electron chi connectivity index (χ4n) is 2.87. The Bertz CT molecular complexity index is 365. The molecule has 0 saturated carbocycles. The Morgan fingerprint density at radius 3 is 2.47 bits per heavy atom. The summed E-state index contributed by atoms with van der Waals surface area (Å²) in [6.07, 6.45) is 3.82. The minimum Gasteiger partial charge on any atom is -0.317 e. The zero-order chi connectivity index (χ0) is 13.7. The van der Waals surface area contributed by atoms with Crippen LogP contribution in [0.25, 0.3) is 0 Å². The molecule has 1 aromatic carbocycles. The number of aryl methyl sites for hydroxylation is 1. The second-order valence-corrected chi connectivity index (χ2v) is 6.17. The minimum absolute atomic E-state index is 0.623. The first-order valence-electron chi connectivity index (χ1n) is 7.61. The normalized spacial score (nSPS) is 18.7. The molecule has 1 unspecified atom stereocenters. The molecule has 1 fully saturated rings. The van der Waals surface area contributed by atoms with Gasteiger partial charge in [0.2, 0.25) is 0 Å². The summed E-state index contributed by atoms with van der Waals surface area (Å²) in [6, 6.07) is 9.59. The quantitative estimate of drug-likeness (QED) is 0.876. The van der Waals surface area contributed by atoms with Gasteiger partial charge in [-0.1, -0.05) is 29.8 Å². The van der Waals surface area contributed by atoms with Crippen LogP contribution < -0.4 is 5.32 Å². The third-order valence-corrected chi connectivity index (χ3v) is 4.41. The number of rotatable bonds is 5. The lowest BCUT2D eigenvalue weighted by atomic mass is 9.96. The Labute approximate surface area is 118 Å². The summed E-state index contributed by atoms with van der Waals surface area (Å²) in [6.45, 7) is 8.14. The van der Waals surface area contributed by atoms with Crippen molar-refractivity contribution in [3.63, 3.8) is 0 Å². The largest absolute Gasteiger partial charge is 0.317 e. The number of hydrogen-bond donors (Lipinski definition) is 1. The molecule has 1 aliphatic heterocycles. The van der Waals surface area contributed by atoms with Crippen molar-refractivity contribution in [3.8, 4) is 0 Å². The summed E-state index contributed by atoms with van der Waals surface area (Å²) < 4.78 is 0. The molecule has 0 amide bonds. The summed E-state index contributed by atoms with van der Waals surface area (Å²) in [5.74, 6) is 0.881. The van der Waals surface area contributed by atoms with Gasteiger partial charge in [-0.25, -0.2) is 0 Å². The highest BCUT2D eigenvalue weighted by molar-refractivity contribution is 5.21. The topological polar surface area (TPSA) is 15.3 Å². The number of nitrogens with one attached hydrogen (secondary N) is 1. The van der Waals surface area contributed by atoms with Crippen LogP contribution in [0.3, 0.4) is 0 Å². The second kappa shape index (κ2) is 7.06. The van der Waals surface area contributed by atoms with E-state index in [-0.39, 0.29) is 0 Å². The van der Waals surface area contributed by atoms with Crippen LogP contribution in [0.2, 0.25) is 0 Å². The van der Waals surface area contributed by atoms with Crippen molar-refractivity contribution in [2.75, 3.05) is 26.7 Å². The molecule has 1 heterocycles. The summed E-state index contributed by atoms with van der Waals surface area (Å²) in [5.41, 5.74) is 2.80. The SMILES string of the molecule is Cc1ccc(CC(C)N(C)CC2CCNCC2)cc1. The first-order valence-corrected chi connectivity index (χ1v) is 7.61. The van der Waals surface area contributed by atoms with Crippen molar-refractivity contribution in [2.45, 2.75) is 39.2 Å². The Morgan fingerprint density at radius 2 is 1.84 bits per heavy atom. The highest BCUT2D eigenvalue weighted by Crippen LogP contribution is 2.16. The van der Waals surface area contributed by atoms with Gasteiger partial charge in [0.1, 0.15) is 0 Å². The maximum absolute atomic E-state index is 3.44. The summed E-state index contributed by atoms with van der Waals surface area (Å²) >= 11 is 0. The average molecular weight is 260 g/mol. The van der Waals surface area contributed by atoms with Crippen molar-refractivity contribution >= 4 is 0 Å². The summed E-state index contributed by atoms with van der Waals surface area (Å²) in [5, 5.41) is 3.44. The molecule has 19 heavy (non-hydrogen) atoms. The first kappa shape index (κ1) is 14.5. The zero-order valence-corrected chi connectivity index (χ0v) is 12.7. The van der Waals surface area contributed by atoms with Gasteiger partial charge in [-0.05, 0) is 64.7 Å². The van der Waals surface area contributed by atoms with Crippen LogP contribution in [0.5, 0.6) is 0 Å². The predicted octanol–water partition coefficient (Wildman–Crippen LogP) is 2.86. The Balaban J connectivity index is 1.81. The van der Waals surface area contributed by atoms with E-state index in [4.69, 9.17) is 0 Å². The maximum Gasteiger partial charge on any atom is 0.0104 e. The molecule has 2 nitrogen and oxygen atoms in total. The fourth-order valence-corrected chi connectivity index (χ4v) is 2.87. The zero-order valence-electron chi connectivity index (χ0n) is 12.7. The molecule has 1 aliphatic rings. The molecule has 1 aromatic rings. The van der Waals surface area contributed by atoms with Gasteiger partial charge in [0.15, 0.2) is 0 Å². The maximum atomic E-state index is 3.44. The molecule has 1 N–H and O–H groups in total. The Morgan fingerprint density at radius 1 is 1.21 bits per heavy atom. The molecule has 0 radical (unpaired) electrons. The first-order chi connectivity index (χ1) is 9.15. The van der Waals surface area contributed by atoms with Gasteiger partial charge in [-0.2, -0.15) is 0 Å². The molecule has 1 saturated heterocycles.